The standard InChI is InChI=1S/C13H9NO5/c15-11-5-4-9(7-12(11)16)13(17)8-2-1-3-10(6-8)14(18)19/h1-7,15-16H. The normalized spacial score (nSPS) is 10.1. The fourth-order valence-electron chi connectivity index (χ4n) is 1.59. The molecule has 0 aliphatic carbocycles. The zero-order valence-corrected chi connectivity index (χ0v) is 9.61. The van der Waals surface area contributed by atoms with E-state index in [0.717, 1.165) is 12.1 Å². The summed E-state index contributed by atoms with van der Waals surface area (Å²) in [6, 6.07) is 8.91. The molecule has 19 heavy (non-hydrogen) atoms. The zero-order valence-electron chi connectivity index (χ0n) is 9.61. The Bertz CT molecular complexity index is 666. The Hall–Kier alpha value is -2.89. The monoisotopic (exact) mass is 259 g/mol. The summed E-state index contributed by atoms with van der Waals surface area (Å²) in [6.07, 6.45) is 0. The number of rotatable bonds is 3. The molecule has 0 spiro atoms. The van der Waals surface area contributed by atoms with Crippen molar-refractivity contribution in [3.8, 4) is 11.5 Å². The Labute approximate surface area is 107 Å². The molecule has 2 rings (SSSR count). The average Bonchev–Trinajstić information content (AvgIpc) is 2.41. The first-order valence-electron chi connectivity index (χ1n) is 5.30. The van der Waals surface area contributed by atoms with Crippen molar-refractivity contribution < 1.29 is 19.9 Å². The van der Waals surface area contributed by atoms with Crippen LogP contribution >= 0.6 is 0 Å². The summed E-state index contributed by atoms with van der Waals surface area (Å²) >= 11 is 0. The Morgan fingerprint density at radius 2 is 1.68 bits per heavy atom. The van der Waals surface area contributed by atoms with Gasteiger partial charge in [-0.2, -0.15) is 0 Å². The molecule has 2 aromatic rings. The molecule has 0 aliphatic rings. The summed E-state index contributed by atoms with van der Waals surface area (Å²) < 4.78 is 0. The van der Waals surface area contributed by atoms with E-state index in [1.54, 1.807) is 0 Å². The molecule has 0 saturated heterocycles. The van der Waals surface area contributed by atoms with Crippen molar-refractivity contribution in [3.05, 3.63) is 63.7 Å². The van der Waals surface area contributed by atoms with Crippen LogP contribution in [0.25, 0.3) is 0 Å². The van der Waals surface area contributed by atoms with Gasteiger partial charge in [0.05, 0.1) is 4.92 Å². The largest absolute Gasteiger partial charge is 0.504 e. The van der Waals surface area contributed by atoms with Gasteiger partial charge in [-0.1, -0.05) is 12.1 Å². The second-order valence-electron chi connectivity index (χ2n) is 3.84. The molecule has 0 aromatic heterocycles. The van der Waals surface area contributed by atoms with Crippen molar-refractivity contribution in [1.82, 2.24) is 0 Å². The molecule has 96 valence electrons. The number of hydrogen-bond donors (Lipinski definition) is 2. The highest BCUT2D eigenvalue weighted by Gasteiger charge is 2.14. The number of nitrogens with zero attached hydrogens (tertiary/aromatic N) is 1. The molecule has 0 fully saturated rings. The summed E-state index contributed by atoms with van der Waals surface area (Å²) in [5.41, 5.74) is 0.0870. The number of carbonyl (C=O) groups excluding carboxylic acids is 1. The smallest absolute Gasteiger partial charge is 0.270 e. The van der Waals surface area contributed by atoms with Crippen molar-refractivity contribution in [1.29, 1.82) is 0 Å². The maximum Gasteiger partial charge on any atom is 0.270 e. The number of phenols is 2. The van der Waals surface area contributed by atoms with Crippen LogP contribution in [-0.4, -0.2) is 20.9 Å². The first kappa shape index (κ1) is 12.6. The Balaban J connectivity index is 2.41. The number of aromatic hydroxyl groups is 2. The van der Waals surface area contributed by atoms with Crippen LogP contribution in [0.4, 0.5) is 5.69 Å². The van der Waals surface area contributed by atoms with Gasteiger partial charge in [-0.3, -0.25) is 14.9 Å². The van der Waals surface area contributed by atoms with Crippen LogP contribution in [0.1, 0.15) is 15.9 Å². The fourth-order valence-corrected chi connectivity index (χ4v) is 1.59. The molecule has 0 bridgehead atoms. The maximum atomic E-state index is 12.1. The van der Waals surface area contributed by atoms with Crippen molar-refractivity contribution >= 4 is 11.5 Å². The van der Waals surface area contributed by atoms with Gasteiger partial charge in [0.25, 0.3) is 5.69 Å². The summed E-state index contributed by atoms with van der Waals surface area (Å²) in [5, 5.41) is 29.1. The van der Waals surface area contributed by atoms with E-state index in [-0.39, 0.29) is 22.6 Å². The highest BCUT2D eigenvalue weighted by atomic mass is 16.6. The lowest BCUT2D eigenvalue weighted by atomic mass is 10.0. The first-order valence-corrected chi connectivity index (χ1v) is 5.30. The van der Waals surface area contributed by atoms with Crippen LogP contribution in [0.15, 0.2) is 42.5 Å². The van der Waals surface area contributed by atoms with Gasteiger partial charge in [-0.25, -0.2) is 0 Å². The van der Waals surface area contributed by atoms with E-state index < -0.39 is 16.5 Å². The maximum absolute atomic E-state index is 12.1. The van der Waals surface area contributed by atoms with Crippen LogP contribution in [0.5, 0.6) is 11.5 Å². The van der Waals surface area contributed by atoms with Crippen LogP contribution < -0.4 is 0 Å². The summed E-state index contributed by atoms with van der Waals surface area (Å²) in [4.78, 5) is 22.1. The number of hydrogen-bond acceptors (Lipinski definition) is 5. The average molecular weight is 259 g/mol. The number of benzene rings is 2. The molecule has 0 aliphatic heterocycles. The van der Waals surface area contributed by atoms with Gasteiger partial charge in [-0.05, 0) is 18.2 Å². The van der Waals surface area contributed by atoms with Crippen LogP contribution in [0, 0.1) is 10.1 Å². The van der Waals surface area contributed by atoms with Gasteiger partial charge in [0.15, 0.2) is 17.3 Å². The SMILES string of the molecule is O=C(c1cccc([N+](=O)[O-])c1)c1ccc(O)c(O)c1. The molecule has 2 N–H and O–H groups in total. The summed E-state index contributed by atoms with van der Waals surface area (Å²) in [6.45, 7) is 0. The zero-order chi connectivity index (χ0) is 14.0. The minimum absolute atomic E-state index is 0.135. The quantitative estimate of drug-likeness (QED) is 0.381. The van der Waals surface area contributed by atoms with E-state index >= 15 is 0 Å². The Morgan fingerprint density at radius 3 is 2.32 bits per heavy atom. The first-order chi connectivity index (χ1) is 8.99. The molecule has 0 heterocycles. The molecule has 0 radical (unpaired) electrons. The number of nitro benzene ring substituents is 1. The third-order valence-corrected chi connectivity index (χ3v) is 2.56. The molecule has 0 amide bonds. The topological polar surface area (TPSA) is 101 Å². The lowest BCUT2D eigenvalue weighted by Crippen LogP contribution is -2.01. The number of nitro groups is 1. The number of ketones is 1. The summed E-state index contributed by atoms with van der Waals surface area (Å²) in [7, 11) is 0. The predicted octanol–water partition coefficient (Wildman–Crippen LogP) is 2.24. The third-order valence-electron chi connectivity index (χ3n) is 2.56. The van der Waals surface area contributed by atoms with Crippen LogP contribution in [0.2, 0.25) is 0 Å². The second-order valence-corrected chi connectivity index (χ2v) is 3.84. The minimum Gasteiger partial charge on any atom is -0.504 e. The second kappa shape index (κ2) is 4.77. The molecule has 0 atom stereocenters. The van der Waals surface area contributed by atoms with Gasteiger partial charge < -0.3 is 10.2 Å². The van der Waals surface area contributed by atoms with E-state index in [1.165, 1.54) is 30.3 Å². The Kier molecular flexibility index (Phi) is 3.15. The molecule has 2 aromatic carbocycles. The lowest BCUT2D eigenvalue weighted by Gasteiger charge is -2.03. The van der Waals surface area contributed by atoms with E-state index in [1.807, 2.05) is 0 Å². The summed E-state index contributed by atoms with van der Waals surface area (Å²) in [5.74, 6) is -1.23. The van der Waals surface area contributed by atoms with Crippen molar-refractivity contribution in [3.63, 3.8) is 0 Å². The van der Waals surface area contributed by atoms with Crippen LogP contribution in [0.3, 0.4) is 0 Å². The highest BCUT2D eigenvalue weighted by molar-refractivity contribution is 6.09. The van der Waals surface area contributed by atoms with Crippen LogP contribution in [-0.2, 0) is 0 Å². The van der Waals surface area contributed by atoms with E-state index in [4.69, 9.17) is 5.11 Å². The molecular weight excluding hydrogens is 250 g/mol. The van der Waals surface area contributed by atoms with Gasteiger partial charge in [0.2, 0.25) is 0 Å². The number of phenolic OH excluding ortho intramolecular Hbond substituents is 2. The molecule has 0 unspecified atom stereocenters. The van der Waals surface area contributed by atoms with E-state index in [0.29, 0.717) is 0 Å². The molecule has 0 saturated carbocycles. The number of carbonyl (C=O) groups is 1. The van der Waals surface area contributed by atoms with Gasteiger partial charge in [-0.15, -0.1) is 0 Å². The van der Waals surface area contributed by atoms with Crippen molar-refractivity contribution in [2.45, 2.75) is 0 Å². The predicted molar refractivity (Wildman–Crippen MR) is 66.3 cm³/mol. The highest BCUT2D eigenvalue weighted by Crippen LogP contribution is 2.26. The van der Waals surface area contributed by atoms with Gasteiger partial charge >= 0.3 is 0 Å². The third kappa shape index (κ3) is 2.52. The minimum atomic E-state index is -0.592. The molecular formula is C13H9NO5. The molecule has 6 heteroatoms. The van der Waals surface area contributed by atoms with E-state index in [2.05, 4.69) is 0 Å². The van der Waals surface area contributed by atoms with Gasteiger partial charge in [0.1, 0.15) is 0 Å². The van der Waals surface area contributed by atoms with Crippen molar-refractivity contribution in [2.75, 3.05) is 0 Å². The van der Waals surface area contributed by atoms with E-state index in [9.17, 15) is 20.0 Å². The Morgan fingerprint density at radius 1 is 1.00 bits per heavy atom. The number of non-ortho nitro benzene ring substituents is 1. The fraction of sp³-hybridized carbons (Fsp3) is 0. The van der Waals surface area contributed by atoms with Crippen molar-refractivity contribution in [2.24, 2.45) is 0 Å². The van der Waals surface area contributed by atoms with Gasteiger partial charge in [0, 0.05) is 23.3 Å². The lowest BCUT2D eigenvalue weighted by molar-refractivity contribution is -0.384. The molecule has 6 nitrogen and oxygen atoms in total.